The summed E-state index contributed by atoms with van der Waals surface area (Å²) < 4.78 is 21.0. The van der Waals surface area contributed by atoms with Crippen LogP contribution in [0.25, 0.3) is 6.08 Å². The van der Waals surface area contributed by atoms with Crippen molar-refractivity contribution in [2.24, 2.45) is 0 Å². The van der Waals surface area contributed by atoms with Crippen LogP contribution in [0, 0.1) is 0 Å². The molecule has 0 atom stereocenters. The van der Waals surface area contributed by atoms with Gasteiger partial charge in [-0.25, -0.2) is 0 Å². The third-order valence-electron chi connectivity index (χ3n) is 4.27. The van der Waals surface area contributed by atoms with Crippen molar-refractivity contribution in [3.8, 4) is 23.0 Å². The van der Waals surface area contributed by atoms with Crippen molar-refractivity contribution < 1.29 is 28.5 Å². The molecule has 2 amide bonds. The Morgan fingerprint density at radius 3 is 2.06 bits per heavy atom. The minimum absolute atomic E-state index is 0.0660. The summed E-state index contributed by atoms with van der Waals surface area (Å²) in [4.78, 5) is 24.4. The summed E-state index contributed by atoms with van der Waals surface area (Å²) in [5, 5.41) is 5.70. The van der Waals surface area contributed by atoms with Gasteiger partial charge in [0.2, 0.25) is 5.91 Å². The molecule has 2 rings (SSSR count). The molecule has 0 aliphatic rings. The van der Waals surface area contributed by atoms with Crippen molar-refractivity contribution in [1.82, 2.24) is 10.6 Å². The largest absolute Gasteiger partial charge is 0.493 e. The lowest BCUT2D eigenvalue weighted by Crippen LogP contribution is -2.33. The van der Waals surface area contributed by atoms with E-state index >= 15 is 0 Å². The van der Waals surface area contributed by atoms with Crippen molar-refractivity contribution in [2.45, 2.75) is 13.5 Å². The summed E-state index contributed by atoms with van der Waals surface area (Å²) in [5.41, 5.74) is 1.33. The number of amides is 2. The highest BCUT2D eigenvalue weighted by molar-refractivity contribution is 6.31. The second-order valence-corrected chi connectivity index (χ2v) is 6.74. The molecule has 0 aromatic heterocycles. The fraction of sp³-hybridized carbons (Fsp3) is 0.273. The minimum atomic E-state index is -0.490. The molecule has 0 saturated carbocycles. The van der Waals surface area contributed by atoms with Crippen molar-refractivity contribution in [1.29, 1.82) is 0 Å². The second kappa shape index (κ2) is 11.1. The van der Waals surface area contributed by atoms with Gasteiger partial charge in [0, 0.05) is 24.6 Å². The van der Waals surface area contributed by atoms with Gasteiger partial charge < -0.3 is 29.6 Å². The Kier molecular flexibility index (Phi) is 8.57. The lowest BCUT2D eigenvalue weighted by Gasteiger charge is -2.14. The third-order valence-corrected chi connectivity index (χ3v) is 4.62. The van der Waals surface area contributed by atoms with Gasteiger partial charge in [0.15, 0.2) is 23.0 Å². The molecule has 0 unspecified atom stereocenters. The first kappa shape index (κ1) is 23.9. The van der Waals surface area contributed by atoms with Crippen LogP contribution in [0.4, 0.5) is 0 Å². The van der Waals surface area contributed by atoms with Gasteiger partial charge in [0.1, 0.15) is 5.70 Å². The zero-order valence-electron chi connectivity index (χ0n) is 18.0. The van der Waals surface area contributed by atoms with Gasteiger partial charge in [0.25, 0.3) is 5.91 Å². The highest BCUT2D eigenvalue weighted by Gasteiger charge is 2.15. The number of carbonyl (C=O) groups excluding carboxylic acids is 2. The number of hydrogen-bond donors (Lipinski definition) is 2. The molecule has 0 bridgehead atoms. The van der Waals surface area contributed by atoms with Gasteiger partial charge >= 0.3 is 0 Å². The highest BCUT2D eigenvalue weighted by Crippen LogP contribution is 2.33. The van der Waals surface area contributed by atoms with Crippen molar-refractivity contribution in [3.63, 3.8) is 0 Å². The molecule has 0 saturated heterocycles. The maximum absolute atomic E-state index is 12.8. The van der Waals surface area contributed by atoms with Crippen LogP contribution >= 0.6 is 11.6 Å². The number of benzene rings is 2. The quantitative estimate of drug-likeness (QED) is 0.572. The number of carbonyl (C=O) groups is 2. The number of rotatable bonds is 9. The van der Waals surface area contributed by atoms with E-state index in [0.29, 0.717) is 39.1 Å². The van der Waals surface area contributed by atoms with Crippen LogP contribution in [0.5, 0.6) is 23.0 Å². The Hall–Kier alpha value is -3.39. The molecular formula is C22H25ClN2O6. The van der Waals surface area contributed by atoms with Crippen LogP contribution in [0.3, 0.4) is 0 Å². The average molecular weight is 449 g/mol. The summed E-state index contributed by atoms with van der Waals surface area (Å²) in [6.07, 6.45) is 1.54. The number of nitrogens with one attached hydrogen (secondary N) is 2. The summed E-state index contributed by atoms with van der Waals surface area (Å²) in [5.74, 6) is 1.14. The van der Waals surface area contributed by atoms with Crippen molar-refractivity contribution >= 4 is 29.5 Å². The smallest absolute Gasteiger partial charge is 0.268 e. The number of halogens is 1. The predicted octanol–water partition coefficient (Wildman–Crippen LogP) is 3.17. The van der Waals surface area contributed by atoms with E-state index in [9.17, 15) is 9.59 Å². The highest BCUT2D eigenvalue weighted by atomic mass is 35.5. The lowest BCUT2D eigenvalue weighted by atomic mass is 10.1. The van der Waals surface area contributed by atoms with E-state index in [2.05, 4.69) is 10.6 Å². The zero-order valence-corrected chi connectivity index (χ0v) is 18.8. The summed E-state index contributed by atoms with van der Waals surface area (Å²) in [6.45, 7) is 1.43. The standard InChI is InChI=1S/C22H25ClN2O6/c1-13(26)25-17(8-14-6-7-18(28-2)19(9-14)29-3)22(27)24-12-15-10-20(30-4)21(31-5)11-16(15)23/h6-11H,12H2,1-5H3,(H,24,27)(H,25,26)/b17-8-. The van der Waals surface area contributed by atoms with E-state index in [4.69, 9.17) is 30.5 Å². The molecule has 2 N–H and O–H groups in total. The van der Waals surface area contributed by atoms with E-state index in [1.54, 1.807) is 30.3 Å². The molecule has 0 spiro atoms. The molecule has 0 aliphatic carbocycles. The fourth-order valence-corrected chi connectivity index (χ4v) is 2.98. The molecule has 8 nitrogen and oxygen atoms in total. The van der Waals surface area contributed by atoms with Crippen molar-refractivity contribution in [2.75, 3.05) is 28.4 Å². The van der Waals surface area contributed by atoms with Gasteiger partial charge in [-0.15, -0.1) is 0 Å². The van der Waals surface area contributed by atoms with E-state index in [1.807, 2.05) is 0 Å². The molecular weight excluding hydrogens is 424 g/mol. The lowest BCUT2D eigenvalue weighted by molar-refractivity contribution is -0.122. The van der Waals surface area contributed by atoms with Gasteiger partial charge in [-0.1, -0.05) is 17.7 Å². The molecule has 0 heterocycles. The van der Waals surface area contributed by atoms with Crippen LogP contribution in [0.15, 0.2) is 36.0 Å². The van der Waals surface area contributed by atoms with Crippen LogP contribution in [0.1, 0.15) is 18.1 Å². The summed E-state index contributed by atoms with van der Waals surface area (Å²) >= 11 is 6.28. The molecule has 0 radical (unpaired) electrons. The SMILES string of the molecule is COc1ccc(/C=C(\NC(C)=O)C(=O)NCc2cc(OC)c(OC)cc2Cl)cc1OC. The number of ether oxygens (including phenoxy) is 4. The Morgan fingerprint density at radius 1 is 0.903 bits per heavy atom. The van der Waals surface area contributed by atoms with Crippen LogP contribution in [-0.2, 0) is 16.1 Å². The Balaban J connectivity index is 2.26. The van der Waals surface area contributed by atoms with E-state index in [-0.39, 0.29) is 18.1 Å². The van der Waals surface area contributed by atoms with Crippen LogP contribution in [-0.4, -0.2) is 40.3 Å². The molecule has 0 fully saturated rings. The Labute approximate surface area is 186 Å². The Bertz CT molecular complexity index is 990. The van der Waals surface area contributed by atoms with Crippen molar-refractivity contribution in [3.05, 3.63) is 52.2 Å². The van der Waals surface area contributed by atoms with E-state index < -0.39 is 5.91 Å². The van der Waals surface area contributed by atoms with Gasteiger partial charge in [-0.3, -0.25) is 9.59 Å². The molecule has 31 heavy (non-hydrogen) atoms. The second-order valence-electron chi connectivity index (χ2n) is 6.33. The first-order valence-corrected chi connectivity index (χ1v) is 9.60. The molecule has 2 aromatic carbocycles. The topological polar surface area (TPSA) is 95.1 Å². The summed E-state index contributed by atoms with van der Waals surface area (Å²) in [7, 11) is 6.06. The predicted molar refractivity (Wildman–Crippen MR) is 118 cm³/mol. The first-order chi connectivity index (χ1) is 14.8. The summed E-state index contributed by atoms with van der Waals surface area (Å²) in [6, 6.07) is 8.42. The van der Waals surface area contributed by atoms with Crippen LogP contribution in [0.2, 0.25) is 5.02 Å². The molecule has 0 aliphatic heterocycles. The monoisotopic (exact) mass is 448 g/mol. The maximum atomic E-state index is 12.8. The van der Waals surface area contributed by atoms with Gasteiger partial charge in [-0.2, -0.15) is 0 Å². The van der Waals surface area contributed by atoms with E-state index in [1.165, 1.54) is 41.4 Å². The average Bonchev–Trinajstić information content (AvgIpc) is 2.76. The van der Waals surface area contributed by atoms with Crippen LogP contribution < -0.4 is 29.6 Å². The molecule has 166 valence electrons. The normalized spacial score (nSPS) is 10.8. The zero-order chi connectivity index (χ0) is 23.0. The van der Waals surface area contributed by atoms with Gasteiger partial charge in [0.05, 0.1) is 28.4 Å². The third kappa shape index (κ3) is 6.29. The van der Waals surface area contributed by atoms with Gasteiger partial charge in [-0.05, 0) is 35.4 Å². The van der Waals surface area contributed by atoms with E-state index in [0.717, 1.165) is 0 Å². The molecule has 2 aromatic rings. The number of hydrogen-bond acceptors (Lipinski definition) is 6. The minimum Gasteiger partial charge on any atom is -0.493 e. The Morgan fingerprint density at radius 2 is 1.48 bits per heavy atom. The maximum Gasteiger partial charge on any atom is 0.268 e. The first-order valence-electron chi connectivity index (χ1n) is 9.22. The fourth-order valence-electron chi connectivity index (χ4n) is 2.76. The number of methoxy groups -OCH3 is 4. The molecule has 9 heteroatoms.